The zero-order valence-corrected chi connectivity index (χ0v) is 19.7. The van der Waals surface area contributed by atoms with Crippen molar-refractivity contribution in [1.29, 1.82) is 5.26 Å². The lowest BCUT2D eigenvalue weighted by Crippen LogP contribution is -2.50. The molecule has 1 saturated carbocycles. The molecule has 0 radical (unpaired) electrons. The minimum atomic E-state index is -0.806. The number of amides is 3. The summed E-state index contributed by atoms with van der Waals surface area (Å²) >= 11 is 6.29. The van der Waals surface area contributed by atoms with Crippen molar-refractivity contribution in [3.63, 3.8) is 0 Å². The van der Waals surface area contributed by atoms with Crippen LogP contribution in [0.4, 0.5) is 0 Å². The molecule has 1 saturated heterocycles. The number of carbonyl (C=O) groups is 3. The average molecular weight is 486 g/mol. The fourth-order valence-electron chi connectivity index (χ4n) is 4.33. The molecule has 1 aliphatic heterocycles. The molecule has 1 aromatic carbocycles. The lowest BCUT2D eigenvalue weighted by atomic mass is 9.92. The van der Waals surface area contributed by atoms with Gasteiger partial charge in [0.25, 0.3) is 5.91 Å². The van der Waals surface area contributed by atoms with Gasteiger partial charge in [-0.1, -0.05) is 24.4 Å². The van der Waals surface area contributed by atoms with E-state index < -0.39 is 23.9 Å². The van der Waals surface area contributed by atoms with Gasteiger partial charge >= 0.3 is 0 Å². The highest BCUT2D eigenvalue weighted by atomic mass is 35.5. The summed E-state index contributed by atoms with van der Waals surface area (Å²) in [5, 5.41) is 19.0. The topological polar surface area (TPSA) is 136 Å². The van der Waals surface area contributed by atoms with Crippen LogP contribution in [-0.2, 0) is 9.59 Å². The van der Waals surface area contributed by atoms with Crippen molar-refractivity contribution in [3.8, 4) is 11.8 Å². The molecule has 0 spiro atoms. The monoisotopic (exact) mass is 485 g/mol. The van der Waals surface area contributed by atoms with Gasteiger partial charge in [0, 0.05) is 23.9 Å². The van der Waals surface area contributed by atoms with Gasteiger partial charge in [0.2, 0.25) is 11.8 Å². The molecule has 4 N–H and O–H groups in total. The fraction of sp³-hybridized carbons (Fsp3) is 0.500. The van der Waals surface area contributed by atoms with E-state index >= 15 is 0 Å². The summed E-state index contributed by atoms with van der Waals surface area (Å²) in [6.45, 7) is 0.639. The molecule has 9 nitrogen and oxygen atoms in total. The molecule has 2 unspecified atom stereocenters. The van der Waals surface area contributed by atoms with Gasteiger partial charge in [-0.2, -0.15) is 5.26 Å². The number of H-pyrrole nitrogens is 1. The number of methoxy groups -OCH3 is 1. The highest BCUT2D eigenvalue weighted by Gasteiger charge is 2.33. The molecule has 180 valence electrons. The second-order valence-electron chi connectivity index (χ2n) is 9.02. The van der Waals surface area contributed by atoms with E-state index in [1.165, 1.54) is 7.11 Å². The zero-order chi connectivity index (χ0) is 24.2. The van der Waals surface area contributed by atoms with Gasteiger partial charge in [-0.15, -0.1) is 0 Å². The number of fused-ring (bicyclic) bond motifs is 1. The molecular formula is C24H28ClN5O4. The second-order valence-corrected chi connectivity index (χ2v) is 9.42. The molecule has 3 amide bonds. The van der Waals surface area contributed by atoms with Crippen LogP contribution in [0.25, 0.3) is 10.9 Å². The van der Waals surface area contributed by atoms with Gasteiger partial charge in [-0.25, -0.2) is 0 Å². The first-order chi connectivity index (χ1) is 16.4. The van der Waals surface area contributed by atoms with Crippen LogP contribution in [0.1, 0.15) is 49.0 Å². The number of aromatic amines is 1. The van der Waals surface area contributed by atoms with Crippen LogP contribution in [0.2, 0.25) is 5.02 Å². The van der Waals surface area contributed by atoms with Crippen molar-refractivity contribution in [2.45, 2.75) is 50.6 Å². The highest BCUT2D eigenvalue weighted by molar-refractivity contribution is 6.35. The zero-order valence-electron chi connectivity index (χ0n) is 18.9. The first-order valence-electron chi connectivity index (χ1n) is 11.5. The Balaban J connectivity index is 1.44. The Morgan fingerprint density at radius 3 is 2.71 bits per heavy atom. The van der Waals surface area contributed by atoms with Gasteiger partial charge in [0.05, 0.1) is 23.7 Å². The van der Waals surface area contributed by atoms with Crippen LogP contribution in [0.15, 0.2) is 18.2 Å². The molecule has 2 fully saturated rings. The van der Waals surface area contributed by atoms with Crippen molar-refractivity contribution in [2.24, 2.45) is 11.8 Å². The Bertz CT molecular complexity index is 1140. The van der Waals surface area contributed by atoms with E-state index in [0.717, 1.165) is 19.3 Å². The van der Waals surface area contributed by atoms with E-state index in [0.29, 0.717) is 47.0 Å². The number of hydrogen-bond acceptors (Lipinski definition) is 5. The van der Waals surface area contributed by atoms with E-state index in [2.05, 4.69) is 27.0 Å². The molecule has 34 heavy (non-hydrogen) atoms. The van der Waals surface area contributed by atoms with Crippen molar-refractivity contribution in [2.75, 3.05) is 13.7 Å². The number of carbonyl (C=O) groups excluding carboxylic acids is 3. The van der Waals surface area contributed by atoms with E-state index in [4.69, 9.17) is 16.3 Å². The predicted octanol–water partition coefficient (Wildman–Crippen LogP) is 2.65. The van der Waals surface area contributed by atoms with Crippen LogP contribution >= 0.6 is 11.6 Å². The van der Waals surface area contributed by atoms with Gasteiger partial charge in [-0.05, 0) is 43.7 Å². The number of rotatable bonds is 9. The third kappa shape index (κ3) is 5.62. The average Bonchev–Trinajstić information content (AvgIpc) is 3.53. The molecule has 1 aliphatic carbocycles. The van der Waals surface area contributed by atoms with Gasteiger partial charge in [0.15, 0.2) is 0 Å². The SMILES string of the molecule is COc1cc(Cl)c2[nH]c(C(=O)NC(CC3CC3)C(=O)NC(C#N)C[C@@H]3CCCNC3=O)cc2c1. The Morgan fingerprint density at radius 1 is 1.24 bits per heavy atom. The predicted molar refractivity (Wildman–Crippen MR) is 126 cm³/mol. The van der Waals surface area contributed by atoms with E-state index in [9.17, 15) is 19.6 Å². The number of nitrogens with zero attached hydrogens (tertiary/aromatic N) is 1. The van der Waals surface area contributed by atoms with Gasteiger partial charge < -0.3 is 25.7 Å². The number of ether oxygens (including phenoxy) is 1. The maximum absolute atomic E-state index is 13.1. The van der Waals surface area contributed by atoms with Gasteiger partial charge in [0.1, 0.15) is 23.5 Å². The summed E-state index contributed by atoms with van der Waals surface area (Å²) in [4.78, 5) is 41.1. The number of nitrogens with one attached hydrogen (secondary N) is 4. The minimum Gasteiger partial charge on any atom is -0.497 e. The molecular weight excluding hydrogens is 458 g/mol. The van der Waals surface area contributed by atoms with Crippen molar-refractivity contribution < 1.29 is 19.1 Å². The van der Waals surface area contributed by atoms with E-state index in [1.807, 2.05) is 0 Å². The number of piperidine rings is 1. The van der Waals surface area contributed by atoms with Crippen LogP contribution in [0.5, 0.6) is 5.75 Å². The molecule has 2 aromatic rings. The molecule has 3 atom stereocenters. The smallest absolute Gasteiger partial charge is 0.268 e. The first-order valence-corrected chi connectivity index (χ1v) is 11.9. The fourth-order valence-corrected chi connectivity index (χ4v) is 4.59. The number of hydrogen-bond donors (Lipinski definition) is 4. The number of nitriles is 1. The molecule has 1 aromatic heterocycles. The van der Waals surface area contributed by atoms with E-state index in [1.54, 1.807) is 18.2 Å². The lowest BCUT2D eigenvalue weighted by Gasteiger charge is -2.25. The second kappa shape index (κ2) is 10.3. The number of benzene rings is 1. The third-order valence-electron chi connectivity index (χ3n) is 6.41. The van der Waals surface area contributed by atoms with Crippen LogP contribution in [-0.4, -0.2) is 48.4 Å². The first kappa shape index (κ1) is 23.9. The normalized spacial score (nSPS) is 19.6. The lowest BCUT2D eigenvalue weighted by molar-refractivity contribution is -0.128. The van der Waals surface area contributed by atoms with Crippen molar-refractivity contribution in [1.82, 2.24) is 20.9 Å². The summed E-state index contributed by atoms with van der Waals surface area (Å²) in [6.07, 6.45) is 4.30. The largest absolute Gasteiger partial charge is 0.497 e. The van der Waals surface area contributed by atoms with E-state index in [-0.39, 0.29) is 23.9 Å². The quantitative estimate of drug-likeness (QED) is 0.433. The van der Waals surface area contributed by atoms with Crippen molar-refractivity contribution >= 4 is 40.2 Å². The standard InChI is InChI=1S/C24H28ClN5O4/c1-34-17-9-15-10-20(29-21(15)18(25)11-17)24(33)30-19(7-13-4-5-13)23(32)28-16(12-26)8-14-3-2-6-27-22(14)31/h9-11,13-14,16,19,29H,2-8H2,1H3,(H,27,31)(H,28,32)(H,30,33)/t14-,16?,19?/m0/s1. The summed E-state index contributed by atoms with van der Waals surface area (Å²) in [7, 11) is 1.54. The Labute approximate surface area is 202 Å². The van der Waals surface area contributed by atoms with Crippen LogP contribution < -0.4 is 20.7 Å². The Hall–Kier alpha value is -3.25. The van der Waals surface area contributed by atoms with Crippen LogP contribution in [0, 0.1) is 23.2 Å². The molecule has 2 heterocycles. The molecule has 10 heteroatoms. The minimum absolute atomic E-state index is 0.0855. The summed E-state index contributed by atoms with van der Waals surface area (Å²) < 4.78 is 5.22. The Kier molecular flexibility index (Phi) is 7.27. The molecule has 2 aliphatic rings. The summed E-state index contributed by atoms with van der Waals surface area (Å²) in [6, 6.07) is 5.57. The van der Waals surface area contributed by atoms with Crippen LogP contribution in [0.3, 0.4) is 0 Å². The molecule has 4 rings (SSSR count). The number of halogens is 1. The maximum atomic E-state index is 13.1. The van der Waals surface area contributed by atoms with Gasteiger partial charge in [-0.3, -0.25) is 14.4 Å². The third-order valence-corrected chi connectivity index (χ3v) is 6.71. The van der Waals surface area contributed by atoms with Crippen molar-refractivity contribution in [3.05, 3.63) is 28.9 Å². The number of aromatic nitrogens is 1. The summed E-state index contributed by atoms with van der Waals surface area (Å²) in [5.74, 6) is -0.308. The summed E-state index contributed by atoms with van der Waals surface area (Å²) in [5.41, 5.74) is 0.876. The Morgan fingerprint density at radius 2 is 2.03 bits per heavy atom. The maximum Gasteiger partial charge on any atom is 0.268 e. The highest BCUT2D eigenvalue weighted by Crippen LogP contribution is 2.34. The molecule has 0 bridgehead atoms.